The van der Waals surface area contributed by atoms with Crippen LogP contribution in [0.5, 0.6) is 0 Å². The van der Waals surface area contributed by atoms with Crippen LogP contribution in [0.25, 0.3) is 0 Å². The van der Waals surface area contributed by atoms with Crippen molar-refractivity contribution in [3.05, 3.63) is 41.2 Å². The van der Waals surface area contributed by atoms with E-state index in [0.717, 1.165) is 5.69 Å². The van der Waals surface area contributed by atoms with Gasteiger partial charge in [-0.1, -0.05) is 0 Å². The molecular formula is C11H11FN4O. The minimum Gasteiger partial charge on any atom is -0.319 e. The highest BCUT2D eigenvalue weighted by atomic mass is 19.1. The molecule has 0 saturated carbocycles. The number of anilines is 1. The van der Waals surface area contributed by atoms with Crippen molar-refractivity contribution < 1.29 is 9.18 Å². The molecule has 0 fully saturated rings. The maximum absolute atomic E-state index is 13.3. The predicted molar refractivity (Wildman–Crippen MR) is 60.2 cm³/mol. The van der Waals surface area contributed by atoms with Crippen LogP contribution in [0.3, 0.4) is 0 Å². The van der Waals surface area contributed by atoms with E-state index in [4.69, 9.17) is 0 Å². The molecule has 2 aromatic rings. The molecule has 0 aliphatic carbocycles. The van der Waals surface area contributed by atoms with Crippen LogP contribution in [0.1, 0.15) is 21.7 Å². The second kappa shape index (κ2) is 4.32. The Labute approximate surface area is 97.1 Å². The van der Waals surface area contributed by atoms with Crippen molar-refractivity contribution in [3.8, 4) is 0 Å². The Kier molecular flexibility index (Phi) is 2.86. The fraction of sp³-hybridized carbons (Fsp3) is 0.182. The summed E-state index contributed by atoms with van der Waals surface area (Å²) in [6, 6.07) is 2.88. The van der Waals surface area contributed by atoms with Gasteiger partial charge in [0, 0.05) is 6.20 Å². The molecule has 0 bridgehead atoms. The number of amides is 1. The van der Waals surface area contributed by atoms with Gasteiger partial charge in [0.25, 0.3) is 5.91 Å². The molecule has 0 aliphatic rings. The number of halogens is 1. The highest BCUT2D eigenvalue weighted by Crippen LogP contribution is 2.17. The van der Waals surface area contributed by atoms with Crippen LogP contribution < -0.4 is 5.32 Å². The first-order valence-corrected chi connectivity index (χ1v) is 5.03. The Bertz CT molecular complexity index is 545. The summed E-state index contributed by atoms with van der Waals surface area (Å²) < 4.78 is 13.3. The molecule has 2 aromatic heterocycles. The van der Waals surface area contributed by atoms with E-state index in [1.165, 1.54) is 18.3 Å². The van der Waals surface area contributed by atoms with Crippen molar-refractivity contribution >= 4 is 11.6 Å². The summed E-state index contributed by atoms with van der Waals surface area (Å²) in [5.41, 5.74) is 1.85. The lowest BCUT2D eigenvalue weighted by Gasteiger charge is -2.05. The van der Waals surface area contributed by atoms with Crippen LogP contribution >= 0.6 is 0 Å². The van der Waals surface area contributed by atoms with Gasteiger partial charge in [-0.3, -0.25) is 9.89 Å². The van der Waals surface area contributed by atoms with Gasteiger partial charge in [-0.05, 0) is 26.0 Å². The smallest absolute Gasteiger partial charge is 0.260 e. The number of pyridine rings is 1. The van der Waals surface area contributed by atoms with Crippen molar-refractivity contribution in [2.75, 3.05) is 5.32 Å². The molecule has 2 rings (SSSR count). The predicted octanol–water partition coefficient (Wildman–Crippen LogP) is 1.81. The fourth-order valence-corrected chi connectivity index (χ4v) is 1.47. The lowest BCUT2D eigenvalue weighted by atomic mass is 10.2. The lowest BCUT2D eigenvalue weighted by molar-refractivity contribution is 0.102. The number of carbonyl (C=O) groups is 1. The number of nitrogens with zero attached hydrogens (tertiary/aromatic N) is 2. The second-order valence-corrected chi connectivity index (χ2v) is 3.60. The van der Waals surface area contributed by atoms with Crippen LogP contribution in [0.15, 0.2) is 18.3 Å². The number of H-pyrrole nitrogens is 1. The second-order valence-electron chi connectivity index (χ2n) is 3.60. The highest BCUT2D eigenvalue weighted by molar-refractivity contribution is 6.04. The number of carbonyl (C=O) groups excluding carboxylic acids is 1. The average molecular weight is 234 g/mol. The van der Waals surface area contributed by atoms with Crippen molar-refractivity contribution in [2.24, 2.45) is 0 Å². The number of aromatic nitrogens is 3. The summed E-state index contributed by atoms with van der Waals surface area (Å²) in [5, 5.41) is 9.27. The molecule has 0 unspecified atom stereocenters. The standard InChI is InChI=1S/C11H11FN4O/c1-6-9(7(2)16-15-6)14-11(17)8-4-3-5-13-10(8)12/h3-5H,1-2H3,(H,14,17)(H,15,16). The summed E-state index contributed by atoms with van der Waals surface area (Å²) >= 11 is 0. The largest absolute Gasteiger partial charge is 0.319 e. The molecule has 2 heterocycles. The molecule has 5 nitrogen and oxygen atoms in total. The summed E-state index contributed by atoms with van der Waals surface area (Å²) in [5.74, 6) is -1.33. The summed E-state index contributed by atoms with van der Waals surface area (Å²) in [4.78, 5) is 15.2. The van der Waals surface area contributed by atoms with Crippen LogP contribution in [0, 0.1) is 19.8 Å². The first-order chi connectivity index (χ1) is 8.09. The van der Waals surface area contributed by atoms with E-state index in [0.29, 0.717) is 11.4 Å². The fourth-order valence-electron chi connectivity index (χ4n) is 1.47. The summed E-state index contributed by atoms with van der Waals surface area (Å²) in [6.45, 7) is 3.52. The van der Waals surface area contributed by atoms with Gasteiger partial charge in [-0.25, -0.2) is 4.98 Å². The monoisotopic (exact) mass is 234 g/mol. The quantitative estimate of drug-likeness (QED) is 0.778. The van der Waals surface area contributed by atoms with Gasteiger partial charge >= 0.3 is 0 Å². The van der Waals surface area contributed by atoms with E-state index >= 15 is 0 Å². The molecule has 0 aliphatic heterocycles. The SMILES string of the molecule is Cc1n[nH]c(C)c1NC(=O)c1cccnc1F. The molecule has 0 atom stereocenters. The van der Waals surface area contributed by atoms with Gasteiger partial charge in [0.05, 0.1) is 22.6 Å². The molecular weight excluding hydrogens is 223 g/mol. The van der Waals surface area contributed by atoms with E-state index in [9.17, 15) is 9.18 Å². The van der Waals surface area contributed by atoms with E-state index < -0.39 is 11.9 Å². The molecule has 0 radical (unpaired) electrons. The number of hydrogen-bond acceptors (Lipinski definition) is 3. The first kappa shape index (κ1) is 11.3. The number of aromatic amines is 1. The van der Waals surface area contributed by atoms with Gasteiger partial charge in [-0.15, -0.1) is 0 Å². The van der Waals surface area contributed by atoms with Crippen molar-refractivity contribution in [3.63, 3.8) is 0 Å². The van der Waals surface area contributed by atoms with Crippen molar-refractivity contribution in [2.45, 2.75) is 13.8 Å². The zero-order chi connectivity index (χ0) is 12.4. The third-order valence-corrected chi connectivity index (χ3v) is 2.37. The van der Waals surface area contributed by atoms with Crippen molar-refractivity contribution in [1.29, 1.82) is 0 Å². The third kappa shape index (κ3) is 2.15. The molecule has 1 amide bonds. The average Bonchev–Trinajstić information content (AvgIpc) is 2.61. The Morgan fingerprint density at radius 2 is 2.24 bits per heavy atom. The molecule has 0 spiro atoms. The zero-order valence-corrected chi connectivity index (χ0v) is 9.41. The number of aryl methyl sites for hydroxylation is 2. The van der Waals surface area contributed by atoms with Crippen molar-refractivity contribution in [1.82, 2.24) is 15.2 Å². The van der Waals surface area contributed by atoms with Gasteiger partial charge < -0.3 is 5.32 Å². The Morgan fingerprint density at radius 1 is 1.47 bits per heavy atom. The minimum atomic E-state index is -0.788. The number of nitrogens with one attached hydrogen (secondary N) is 2. The topological polar surface area (TPSA) is 70.7 Å². The lowest BCUT2D eigenvalue weighted by Crippen LogP contribution is -2.15. The maximum Gasteiger partial charge on any atom is 0.260 e. The normalized spacial score (nSPS) is 10.3. The zero-order valence-electron chi connectivity index (χ0n) is 9.41. The minimum absolute atomic E-state index is 0.0903. The van der Waals surface area contributed by atoms with Gasteiger partial charge in [0.15, 0.2) is 0 Å². The van der Waals surface area contributed by atoms with E-state index in [1.54, 1.807) is 13.8 Å². The van der Waals surface area contributed by atoms with E-state index in [1.807, 2.05) is 0 Å². The van der Waals surface area contributed by atoms with Crippen LogP contribution in [-0.4, -0.2) is 21.1 Å². The summed E-state index contributed by atoms with van der Waals surface area (Å²) in [7, 11) is 0. The molecule has 17 heavy (non-hydrogen) atoms. The van der Waals surface area contributed by atoms with Crippen LogP contribution in [-0.2, 0) is 0 Å². The van der Waals surface area contributed by atoms with Crippen LogP contribution in [0.2, 0.25) is 0 Å². The number of rotatable bonds is 2. The first-order valence-electron chi connectivity index (χ1n) is 5.03. The van der Waals surface area contributed by atoms with Gasteiger partial charge in [0.1, 0.15) is 0 Å². The summed E-state index contributed by atoms with van der Waals surface area (Å²) in [6.07, 6.45) is 1.29. The molecule has 0 saturated heterocycles. The molecule has 88 valence electrons. The highest BCUT2D eigenvalue weighted by Gasteiger charge is 2.15. The third-order valence-electron chi connectivity index (χ3n) is 2.37. The molecule has 2 N–H and O–H groups in total. The number of hydrogen-bond donors (Lipinski definition) is 2. The molecule has 6 heteroatoms. The Morgan fingerprint density at radius 3 is 2.82 bits per heavy atom. The molecule has 0 aromatic carbocycles. The van der Waals surface area contributed by atoms with E-state index in [2.05, 4.69) is 20.5 Å². The van der Waals surface area contributed by atoms with Gasteiger partial charge in [0.2, 0.25) is 5.95 Å². The Hall–Kier alpha value is -2.24. The van der Waals surface area contributed by atoms with Crippen LogP contribution in [0.4, 0.5) is 10.1 Å². The van der Waals surface area contributed by atoms with Gasteiger partial charge in [-0.2, -0.15) is 9.49 Å². The maximum atomic E-state index is 13.3. The van der Waals surface area contributed by atoms with E-state index in [-0.39, 0.29) is 5.56 Å². The Balaban J connectivity index is 2.27.